The predicted octanol–water partition coefficient (Wildman–Crippen LogP) is 3.73. The molecular formula is C21H21F4N5O2. The minimum atomic E-state index is -4.91. The molecule has 1 atom stereocenters. The Bertz CT molecular complexity index is 1190. The maximum atomic E-state index is 14.5. The van der Waals surface area contributed by atoms with Gasteiger partial charge in [0.05, 0.1) is 36.7 Å². The van der Waals surface area contributed by atoms with Gasteiger partial charge in [-0.2, -0.15) is 13.2 Å². The molecule has 0 spiro atoms. The minimum absolute atomic E-state index is 0.154. The molecule has 0 N–H and O–H groups in total. The maximum Gasteiger partial charge on any atom is 0.419 e. The molecule has 0 saturated carbocycles. The maximum absolute atomic E-state index is 14.5. The number of anilines is 1. The van der Waals surface area contributed by atoms with Crippen molar-refractivity contribution >= 4 is 22.8 Å². The molecule has 0 aliphatic carbocycles. The van der Waals surface area contributed by atoms with Crippen molar-refractivity contribution in [2.75, 3.05) is 25.1 Å². The molecule has 0 bridgehead atoms. The number of carbonyl (C=O) groups excluding carboxylic acids is 1. The van der Waals surface area contributed by atoms with Crippen LogP contribution in [0.1, 0.15) is 30.2 Å². The lowest BCUT2D eigenvalue weighted by Crippen LogP contribution is -2.33. The van der Waals surface area contributed by atoms with Crippen molar-refractivity contribution in [1.82, 2.24) is 19.5 Å². The Morgan fingerprint density at radius 1 is 1.25 bits per heavy atom. The van der Waals surface area contributed by atoms with Crippen LogP contribution in [-0.2, 0) is 22.3 Å². The number of carbonyl (C=O) groups is 1. The molecule has 4 rings (SSSR count). The third-order valence-electron chi connectivity index (χ3n) is 5.93. The van der Waals surface area contributed by atoms with Crippen molar-refractivity contribution in [3.05, 3.63) is 47.4 Å². The summed E-state index contributed by atoms with van der Waals surface area (Å²) in [4.78, 5) is 26.2. The number of imidazole rings is 1. The summed E-state index contributed by atoms with van der Waals surface area (Å²) in [7, 11) is 1.27. The van der Waals surface area contributed by atoms with E-state index in [1.54, 1.807) is 18.7 Å². The third kappa shape index (κ3) is 3.65. The Labute approximate surface area is 181 Å². The topological polar surface area (TPSA) is 73.1 Å². The number of rotatable bonds is 4. The van der Waals surface area contributed by atoms with Gasteiger partial charge in [-0.25, -0.2) is 19.3 Å². The van der Waals surface area contributed by atoms with Crippen molar-refractivity contribution < 1.29 is 27.1 Å². The third-order valence-corrected chi connectivity index (χ3v) is 5.93. The number of benzene rings is 1. The molecule has 32 heavy (non-hydrogen) atoms. The van der Waals surface area contributed by atoms with Crippen LogP contribution >= 0.6 is 0 Å². The molecule has 2 aromatic heterocycles. The van der Waals surface area contributed by atoms with Gasteiger partial charge in [-0.3, -0.25) is 4.79 Å². The number of alkyl halides is 3. The molecule has 0 radical (unpaired) electrons. The fourth-order valence-electron chi connectivity index (χ4n) is 4.23. The average molecular weight is 451 g/mol. The average Bonchev–Trinajstić information content (AvgIpc) is 3.32. The summed E-state index contributed by atoms with van der Waals surface area (Å²) < 4.78 is 62.6. The summed E-state index contributed by atoms with van der Waals surface area (Å²) in [6.07, 6.45) is -1.85. The molecule has 3 aromatic rings. The van der Waals surface area contributed by atoms with Crippen LogP contribution in [0.4, 0.5) is 23.2 Å². The van der Waals surface area contributed by atoms with Gasteiger partial charge in [-0.1, -0.05) is 0 Å². The van der Waals surface area contributed by atoms with Crippen LogP contribution in [0, 0.1) is 18.2 Å². The first kappa shape index (κ1) is 22.0. The summed E-state index contributed by atoms with van der Waals surface area (Å²) >= 11 is 0. The van der Waals surface area contributed by atoms with Crippen molar-refractivity contribution in [3.8, 4) is 0 Å². The molecule has 7 nitrogen and oxygen atoms in total. The molecule has 170 valence electrons. The Morgan fingerprint density at radius 3 is 2.69 bits per heavy atom. The van der Waals surface area contributed by atoms with E-state index in [1.165, 1.54) is 30.4 Å². The summed E-state index contributed by atoms with van der Waals surface area (Å²) in [5, 5.41) is 0. The van der Waals surface area contributed by atoms with Gasteiger partial charge in [-0.05, 0) is 32.4 Å². The van der Waals surface area contributed by atoms with Gasteiger partial charge in [0.1, 0.15) is 17.7 Å². The smallest absolute Gasteiger partial charge is 0.419 e. The van der Waals surface area contributed by atoms with E-state index < -0.39 is 28.9 Å². The van der Waals surface area contributed by atoms with Crippen LogP contribution in [0.3, 0.4) is 0 Å². The quantitative estimate of drug-likeness (QED) is 0.445. The highest BCUT2D eigenvalue weighted by Gasteiger charge is 2.44. The van der Waals surface area contributed by atoms with E-state index in [2.05, 4.69) is 15.0 Å². The van der Waals surface area contributed by atoms with E-state index in [4.69, 9.17) is 4.74 Å². The highest BCUT2D eigenvalue weighted by atomic mass is 19.4. The number of hydrogen-bond donors (Lipinski definition) is 0. The molecule has 0 amide bonds. The molecule has 1 fully saturated rings. The first-order valence-electron chi connectivity index (χ1n) is 9.89. The number of fused-ring (bicyclic) bond motifs is 1. The molecule has 1 aromatic carbocycles. The second-order valence-corrected chi connectivity index (χ2v) is 8.15. The highest BCUT2D eigenvalue weighted by Crippen LogP contribution is 2.42. The van der Waals surface area contributed by atoms with Gasteiger partial charge in [0.25, 0.3) is 0 Å². The standard InChI is InChI=1S/C21H21F4N5O2/c1-12-17-18(27-10-26-12)30(11-28-17)8-13-15(5-4-14(22)16(13)21(23,24)25)29-7-6-20(2,9-29)19(31)32-3/h4-5,10-11H,6-9H2,1-3H3/t20-/m0/s1. The van der Waals surface area contributed by atoms with Crippen molar-refractivity contribution in [3.63, 3.8) is 0 Å². The van der Waals surface area contributed by atoms with Gasteiger partial charge in [0.2, 0.25) is 0 Å². The summed E-state index contributed by atoms with van der Waals surface area (Å²) in [5.74, 6) is -1.80. The van der Waals surface area contributed by atoms with Gasteiger partial charge >= 0.3 is 12.1 Å². The predicted molar refractivity (Wildman–Crippen MR) is 108 cm³/mol. The lowest BCUT2D eigenvalue weighted by molar-refractivity contribution is -0.150. The number of hydrogen-bond acceptors (Lipinski definition) is 6. The molecule has 3 heterocycles. The molecule has 1 aliphatic heterocycles. The van der Waals surface area contributed by atoms with Crippen molar-refractivity contribution in [2.24, 2.45) is 5.41 Å². The number of nitrogens with zero attached hydrogens (tertiary/aromatic N) is 5. The van der Waals surface area contributed by atoms with Crippen LogP contribution in [0.2, 0.25) is 0 Å². The van der Waals surface area contributed by atoms with Gasteiger partial charge in [-0.15, -0.1) is 0 Å². The van der Waals surface area contributed by atoms with E-state index in [9.17, 15) is 22.4 Å². The van der Waals surface area contributed by atoms with Crippen LogP contribution in [0.5, 0.6) is 0 Å². The Balaban J connectivity index is 1.84. The summed E-state index contributed by atoms with van der Waals surface area (Å²) in [6, 6.07) is 2.13. The highest BCUT2D eigenvalue weighted by molar-refractivity contribution is 5.78. The lowest BCUT2D eigenvalue weighted by Gasteiger charge is -2.27. The summed E-state index contributed by atoms with van der Waals surface area (Å²) in [5.41, 5.74) is -0.863. The van der Waals surface area contributed by atoms with Crippen LogP contribution in [0.25, 0.3) is 11.2 Å². The van der Waals surface area contributed by atoms with E-state index in [0.29, 0.717) is 29.8 Å². The van der Waals surface area contributed by atoms with Crippen LogP contribution in [-0.4, -0.2) is 45.7 Å². The monoisotopic (exact) mass is 451 g/mol. The number of aromatic nitrogens is 4. The van der Waals surface area contributed by atoms with Gasteiger partial charge in [0.15, 0.2) is 5.65 Å². The fourth-order valence-corrected chi connectivity index (χ4v) is 4.23. The van der Waals surface area contributed by atoms with Crippen molar-refractivity contribution in [1.29, 1.82) is 0 Å². The Hall–Kier alpha value is -3.24. The number of ether oxygens (including phenoxy) is 1. The molecule has 0 unspecified atom stereocenters. The molecule has 1 saturated heterocycles. The lowest BCUT2D eigenvalue weighted by atomic mass is 9.90. The molecule has 1 aliphatic rings. The fraction of sp³-hybridized carbons (Fsp3) is 0.429. The van der Waals surface area contributed by atoms with Crippen LogP contribution < -0.4 is 4.90 Å². The number of aryl methyl sites for hydroxylation is 1. The van der Waals surface area contributed by atoms with Gasteiger partial charge < -0.3 is 14.2 Å². The first-order chi connectivity index (χ1) is 15.0. The number of esters is 1. The Morgan fingerprint density at radius 2 is 2.00 bits per heavy atom. The van der Waals surface area contributed by atoms with E-state index >= 15 is 0 Å². The summed E-state index contributed by atoms with van der Waals surface area (Å²) in [6.45, 7) is 3.60. The van der Waals surface area contributed by atoms with Crippen LogP contribution in [0.15, 0.2) is 24.8 Å². The zero-order valence-corrected chi connectivity index (χ0v) is 17.7. The van der Waals surface area contributed by atoms with E-state index in [-0.39, 0.29) is 24.3 Å². The molecular weight excluding hydrogens is 430 g/mol. The van der Waals surface area contributed by atoms with E-state index in [0.717, 1.165) is 6.07 Å². The zero-order chi connectivity index (χ0) is 23.3. The minimum Gasteiger partial charge on any atom is -0.469 e. The number of halogens is 4. The second-order valence-electron chi connectivity index (χ2n) is 8.15. The number of methoxy groups -OCH3 is 1. The van der Waals surface area contributed by atoms with E-state index in [1.807, 2.05) is 0 Å². The second kappa shape index (κ2) is 7.72. The Kier molecular flexibility index (Phi) is 5.30. The van der Waals surface area contributed by atoms with Crippen molar-refractivity contribution in [2.45, 2.75) is 33.0 Å². The first-order valence-corrected chi connectivity index (χ1v) is 9.89. The zero-order valence-electron chi connectivity index (χ0n) is 17.7. The van der Waals surface area contributed by atoms with Gasteiger partial charge in [0, 0.05) is 24.3 Å². The normalized spacial score (nSPS) is 19.0. The largest absolute Gasteiger partial charge is 0.469 e. The molecule has 11 heteroatoms. The SMILES string of the molecule is COC(=O)[C@@]1(C)CCN(c2ccc(F)c(C(F)(F)F)c2Cn2cnc3c(C)ncnc32)C1.